The van der Waals surface area contributed by atoms with Gasteiger partial charge in [-0.3, -0.25) is 0 Å². The summed E-state index contributed by atoms with van der Waals surface area (Å²) in [6, 6.07) is 0. The third kappa shape index (κ3) is 2.25. The number of hydrogen-bond acceptors (Lipinski definition) is 4. The van der Waals surface area contributed by atoms with Crippen LogP contribution < -0.4 is 0 Å². The van der Waals surface area contributed by atoms with Crippen LogP contribution in [0.5, 0.6) is 0 Å². The van der Waals surface area contributed by atoms with Gasteiger partial charge in [0, 0.05) is 6.61 Å². The molecule has 2 aliphatic rings. The molecule has 5 atom stereocenters. The lowest BCUT2D eigenvalue weighted by molar-refractivity contribution is -0.0246. The molecule has 0 aromatic rings. The van der Waals surface area contributed by atoms with Gasteiger partial charge in [0.1, 0.15) is 0 Å². The Balaban J connectivity index is 2.27. The fraction of sp³-hybridized carbons (Fsp3) is 0.867. The van der Waals surface area contributed by atoms with E-state index in [0.29, 0.717) is 12.8 Å². The first-order valence-corrected chi connectivity index (χ1v) is 7.05. The van der Waals surface area contributed by atoms with E-state index in [0.717, 1.165) is 17.6 Å². The molecule has 0 amide bonds. The highest BCUT2D eigenvalue weighted by Crippen LogP contribution is 2.60. The molecule has 110 valence electrons. The Kier molecular flexibility index (Phi) is 3.82. The van der Waals surface area contributed by atoms with E-state index in [2.05, 4.69) is 6.92 Å². The van der Waals surface area contributed by atoms with E-state index in [4.69, 9.17) is 0 Å². The summed E-state index contributed by atoms with van der Waals surface area (Å²) in [7, 11) is 0. The first-order valence-electron chi connectivity index (χ1n) is 7.05. The predicted molar refractivity (Wildman–Crippen MR) is 72.4 cm³/mol. The van der Waals surface area contributed by atoms with E-state index in [-0.39, 0.29) is 30.0 Å². The van der Waals surface area contributed by atoms with Crippen molar-refractivity contribution >= 4 is 0 Å². The summed E-state index contributed by atoms with van der Waals surface area (Å²) >= 11 is 0. The lowest BCUT2D eigenvalue weighted by Crippen LogP contribution is -2.50. The van der Waals surface area contributed by atoms with Crippen LogP contribution in [0.2, 0.25) is 0 Å². The first kappa shape index (κ1) is 15.0. The van der Waals surface area contributed by atoms with Gasteiger partial charge in [-0.05, 0) is 54.1 Å². The smallest absolute Gasteiger partial charge is 0.0767 e. The molecule has 0 unspecified atom stereocenters. The van der Waals surface area contributed by atoms with Gasteiger partial charge in [-0.25, -0.2) is 0 Å². The summed E-state index contributed by atoms with van der Waals surface area (Å²) in [5, 5.41) is 39.1. The fourth-order valence-corrected chi connectivity index (χ4v) is 4.25. The average Bonchev–Trinajstić information content (AvgIpc) is 2.65. The van der Waals surface area contributed by atoms with Crippen molar-refractivity contribution in [3.05, 3.63) is 11.1 Å². The normalized spacial score (nSPS) is 49.1. The van der Waals surface area contributed by atoms with Crippen LogP contribution in [0.25, 0.3) is 0 Å². The zero-order valence-electron chi connectivity index (χ0n) is 12.1. The summed E-state index contributed by atoms with van der Waals surface area (Å²) in [4.78, 5) is 0. The number of hydrogen-bond donors (Lipinski definition) is 4. The summed E-state index contributed by atoms with van der Waals surface area (Å²) in [6.07, 6.45) is 1.05. The summed E-state index contributed by atoms with van der Waals surface area (Å²) in [5.74, 6) is 0.0459. The van der Waals surface area contributed by atoms with Crippen LogP contribution in [-0.4, -0.2) is 45.8 Å². The van der Waals surface area contributed by atoms with Crippen LogP contribution in [-0.2, 0) is 0 Å². The lowest BCUT2D eigenvalue weighted by Gasteiger charge is -2.52. The predicted octanol–water partition coefficient (Wildman–Crippen LogP) is 0.836. The van der Waals surface area contributed by atoms with Crippen LogP contribution >= 0.6 is 0 Å². The minimum Gasteiger partial charge on any atom is -0.396 e. The topological polar surface area (TPSA) is 80.9 Å². The maximum absolute atomic E-state index is 10.3. The van der Waals surface area contributed by atoms with E-state index in [1.54, 1.807) is 0 Å². The molecule has 4 heteroatoms. The molecule has 0 aromatic carbocycles. The Morgan fingerprint density at radius 2 is 1.79 bits per heavy atom. The highest BCUT2D eigenvalue weighted by atomic mass is 16.3. The van der Waals surface area contributed by atoms with Crippen LogP contribution in [0, 0.1) is 16.7 Å². The molecule has 4 nitrogen and oxygen atoms in total. The first-order chi connectivity index (χ1) is 8.77. The van der Waals surface area contributed by atoms with Crippen LogP contribution in [0.4, 0.5) is 0 Å². The second-order valence-corrected chi connectivity index (χ2v) is 7.04. The van der Waals surface area contributed by atoms with Crippen molar-refractivity contribution in [3.8, 4) is 0 Å². The van der Waals surface area contributed by atoms with Crippen molar-refractivity contribution in [1.82, 2.24) is 0 Å². The van der Waals surface area contributed by atoms with Gasteiger partial charge >= 0.3 is 0 Å². The lowest BCUT2D eigenvalue weighted by atomic mass is 9.55. The molecule has 0 spiro atoms. The maximum atomic E-state index is 10.3. The molecule has 0 aliphatic heterocycles. The van der Waals surface area contributed by atoms with E-state index < -0.39 is 12.2 Å². The Morgan fingerprint density at radius 3 is 2.21 bits per heavy atom. The molecular weight excluding hydrogens is 244 g/mol. The van der Waals surface area contributed by atoms with Gasteiger partial charge in [-0.15, -0.1) is 0 Å². The van der Waals surface area contributed by atoms with Gasteiger partial charge in [0.15, 0.2) is 0 Å². The Labute approximate surface area is 114 Å². The van der Waals surface area contributed by atoms with E-state index in [1.165, 1.54) is 0 Å². The van der Waals surface area contributed by atoms with Crippen molar-refractivity contribution in [3.63, 3.8) is 0 Å². The molecule has 0 bridgehead atoms. The third-order valence-electron chi connectivity index (χ3n) is 5.34. The Bertz CT molecular complexity index is 392. The number of aliphatic hydroxyl groups excluding tert-OH is 4. The second-order valence-electron chi connectivity index (χ2n) is 7.04. The van der Waals surface area contributed by atoms with Crippen LogP contribution in [0.3, 0.4) is 0 Å². The van der Waals surface area contributed by atoms with E-state index in [1.807, 2.05) is 13.8 Å². The van der Waals surface area contributed by atoms with Crippen LogP contribution in [0.15, 0.2) is 11.1 Å². The standard InChI is InChI=1S/C15H26O4/c1-9(7-16)13-12(19)6-15(13,3)10-4-14(2,8-17)5-11(10)18/h10-12,16-19H,4-8H2,1-3H3/t10-,11-,12-,14-,15+/m0/s1. The molecule has 2 aliphatic carbocycles. The Morgan fingerprint density at radius 1 is 1.16 bits per heavy atom. The largest absolute Gasteiger partial charge is 0.396 e. The van der Waals surface area contributed by atoms with Gasteiger partial charge in [0.25, 0.3) is 0 Å². The molecule has 0 heterocycles. The molecule has 0 radical (unpaired) electrons. The number of aliphatic hydroxyl groups is 4. The maximum Gasteiger partial charge on any atom is 0.0767 e. The van der Waals surface area contributed by atoms with Crippen molar-refractivity contribution < 1.29 is 20.4 Å². The quantitative estimate of drug-likeness (QED) is 0.573. The van der Waals surface area contributed by atoms with Gasteiger partial charge in [-0.2, -0.15) is 0 Å². The summed E-state index contributed by atoms with van der Waals surface area (Å²) in [5.41, 5.74) is 1.22. The molecule has 0 saturated heterocycles. The third-order valence-corrected chi connectivity index (χ3v) is 5.34. The van der Waals surface area contributed by atoms with E-state index in [9.17, 15) is 20.4 Å². The van der Waals surface area contributed by atoms with Crippen molar-refractivity contribution in [1.29, 1.82) is 0 Å². The minimum atomic E-state index is -0.495. The molecule has 4 N–H and O–H groups in total. The van der Waals surface area contributed by atoms with Gasteiger partial charge in [0.2, 0.25) is 0 Å². The second kappa shape index (κ2) is 4.85. The monoisotopic (exact) mass is 270 g/mol. The minimum absolute atomic E-state index is 0.0459. The molecule has 2 fully saturated rings. The van der Waals surface area contributed by atoms with Crippen molar-refractivity contribution in [2.24, 2.45) is 16.7 Å². The number of rotatable bonds is 3. The highest BCUT2D eigenvalue weighted by Gasteiger charge is 2.57. The molecule has 2 rings (SSSR count). The molecular formula is C15H26O4. The summed E-state index contributed by atoms with van der Waals surface area (Å²) < 4.78 is 0. The van der Waals surface area contributed by atoms with Crippen molar-refractivity contribution in [2.45, 2.75) is 52.2 Å². The molecule has 0 aromatic heterocycles. The molecule has 19 heavy (non-hydrogen) atoms. The summed E-state index contributed by atoms with van der Waals surface area (Å²) in [6.45, 7) is 5.92. The van der Waals surface area contributed by atoms with Crippen LogP contribution in [0.1, 0.15) is 40.0 Å². The van der Waals surface area contributed by atoms with E-state index >= 15 is 0 Å². The van der Waals surface area contributed by atoms with Gasteiger partial charge in [0.05, 0.1) is 18.8 Å². The van der Waals surface area contributed by atoms with Crippen molar-refractivity contribution in [2.75, 3.05) is 13.2 Å². The Hall–Kier alpha value is -0.420. The molecule has 2 saturated carbocycles. The average molecular weight is 270 g/mol. The zero-order valence-corrected chi connectivity index (χ0v) is 12.1. The fourth-order valence-electron chi connectivity index (χ4n) is 4.25. The van der Waals surface area contributed by atoms with Gasteiger partial charge < -0.3 is 20.4 Å². The van der Waals surface area contributed by atoms with Gasteiger partial charge in [-0.1, -0.05) is 13.8 Å². The zero-order chi connectivity index (χ0) is 14.4. The SMILES string of the molecule is CC(CO)=C1[C@@H](O)C[C@]1(C)[C@H]1C[C@](C)(CO)C[C@@H]1O. The highest BCUT2D eigenvalue weighted by molar-refractivity contribution is 5.35.